The summed E-state index contributed by atoms with van der Waals surface area (Å²) in [7, 11) is 0. The third-order valence-corrected chi connectivity index (χ3v) is 2.96. The summed E-state index contributed by atoms with van der Waals surface area (Å²) < 4.78 is 0. The molecule has 3 heteroatoms. The first-order valence-electron chi connectivity index (χ1n) is 5.07. The largest absolute Gasteiger partial charge is 0.480 e. The molecule has 76 valence electrons. The Morgan fingerprint density at radius 2 is 2.23 bits per heavy atom. The molecule has 0 spiro atoms. The predicted octanol–water partition coefficient (Wildman–Crippen LogP) is 1.63. The molecule has 1 fully saturated rings. The maximum Gasteiger partial charge on any atom is 0.323 e. The molecule has 0 aromatic heterocycles. The number of hydrogen-bond acceptors (Lipinski definition) is 2. The fraction of sp³-hybridized carbons (Fsp3) is 0.900. The quantitative estimate of drug-likeness (QED) is 0.684. The smallest absolute Gasteiger partial charge is 0.323 e. The Morgan fingerprint density at radius 1 is 1.62 bits per heavy atom. The number of rotatable bonds is 5. The van der Waals surface area contributed by atoms with Gasteiger partial charge >= 0.3 is 5.97 Å². The molecule has 0 aromatic rings. The summed E-state index contributed by atoms with van der Waals surface area (Å²) in [6.45, 7) is 4.45. The topological polar surface area (TPSA) is 49.3 Å². The van der Waals surface area contributed by atoms with Crippen LogP contribution in [0.4, 0.5) is 0 Å². The Labute approximate surface area is 79.5 Å². The summed E-state index contributed by atoms with van der Waals surface area (Å²) in [6, 6.07) is 0. The number of carbonyl (C=O) groups is 1. The predicted molar refractivity (Wildman–Crippen MR) is 51.7 cm³/mol. The van der Waals surface area contributed by atoms with E-state index in [1.165, 1.54) is 19.3 Å². The molecule has 0 bridgehead atoms. The third kappa shape index (κ3) is 2.44. The highest BCUT2D eigenvalue weighted by molar-refractivity contribution is 5.78. The molecule has 2 N–H and O–H groups in total. The van der Waals surface area contributed by atoms with Gasteiger partial charge in [-0.15, -0.1) is 0 Å². The summed E-state index contributed by atoms with van der Waals surface area (Å²) in [4.78, 5) is 11.0. The van der Waals surface area contributed by atoms with Gasteiger partial charge in [-0.3, -0.25) is 4.79 Å². The molecule has 13 heavy (non-hydrogen) atoms. The van der Waals surface area contributed by atoms with Crippen molar-refractivity contribution in [2.45, 2.75) is 45.1 Å². The highest BCUT2D eigenvalue weighted by Crippen LogP contribution is 2.33. The SMILES string of the molecule is CCNC(C)(CC1CCC1)C(=O)O. The number of hydrogen-bond donors (Lipinski definition) is 2. The van der Waals surface area contributed by atoms with Crippen LogP contribution in [-0.4, -0.2) is 23.2 Å². The Bertz CT molecular complexity index is 189. The lowest BCUT2D eigenvalue weighted by Crippen LogP contribution is -2.51. The van der Waals surface area contributed by atoms with Crippen molar-refractivity contribution in [1.29, 1.82) is 0 Å². The van der Waals surface area contributed by atoms with E-state index < -0.39 is 11.5 Å². The van der Waals surface area contributed by atoms with Crippen LogP contribution in [0.2, 0.25) is 0 Å². The first-order valence-corrected chi connectivity index (χ1v) is 5.07. The summed E-state index contributed by atoms with van der Waals surface area (Å²) >= 11 is 0. The van der Waals surface area contributed by atoms with E-state index in [2.05, 4.69) is 5.32 Å². The molecule has 3 nitrogen and oxygen atoms in total. The van der Waals surface area contributed by atoms with Gasteiger partial charge in [-0.1, -0.05) is 26.2 Å². The van der Waals surface area contributed by atoms with Crippen LogP contribution < -0.4 is 5.32 Å². The van der Waals surface area contributed by atoms with E-state index in [0.29, 0.717) is 5.92 Å². The Balaban J connectivity index is 2.49. The zero-order valence-electron chi connectivity index (χ0n) is 8.47. The van der Waals surface area contributed by atoms with E-state index >= 15 is 0 Å². The minimum atomic E-state index is -0.721. The fourth-order valence-corrected chi connectivity index (χ4v) is 1.90. The molecule has 1 saturated carbocycles. The first kappa shape index (κ1) is 10.5. The molecule has 1 aliphatic carbocycles. The van der Waals surface area contributed by atoms with Gasteiger partial charge in [0.2, 0.25) is 0 Å². The van der Waals surface area contributed by atoms with E-state index in [-0.39, 0.29) is 0 Å². The van der Waals surface area contributed by atoms with Crippen molar-refractivity contribution in [3.63, 3.8) is 0 Å². The molecular weight excluding hydrogens is 166 g/mol. The normalized spacial score (nSPS) is 22.0. The maximum absolute atomic E-state index is 11.0. The molecule has 1 atom stereocenters. The lowest BCUT2D eigenvalue weighted by Gasteiger charge is -2.34. The molecule has 0 aliphatic heterocycles. The molecule has 0 saturated heterocycles. The zero-order valence-corrected chi connectivity index (χ0v) is 8.47. The van der Waals surface area contributed by atoms with Crippen LogP contribution in [0.1, 0.15) is 39.5 Å². The first-order chi connectivity index (χ1) is 6.08. The molecule has 0 radical (unpaired) electrons. The second-order valence-electron chi connectivity index (χ2n) is 4.17. The Morgan fingerprint density at radius 3 is 2.54 bits per heavy atom. The van der Waals surface area contributed by atoms with Crippen LogP contribution in [0.15, 0.2) is 0 Å². The Kier molecular flexibility index (Phi) is 3.31. The van der Waals surface area contributed by atoms with Crippen LogP contribution in [-0.2, 0) is 4.79 Å². The van der Waals surface area contributed by atoms with Gasteiger partial charge in [0.15, 0.2) is 0 Å². The van der Waals surface area contributed by atoms with Crippen LogP contribution in [0.3, 0.4) is 0 Å². The lowest BCUT2D eigenvalue weighted by atomic mass is 9.76. The third-order valence-electron chi connectivity index (χ3n) is 2.96. The van der Waals surface area contributed by atoms with Gasteiger partial charge in [-0.25, -0.2) is 0 Å². The van der Waals surface area contributed by atoms with Crippen LogP contribution in [0.5, 0.6) is 0 Å². The average Bonchev–Trinajstić information content (AvgIpc) is 1.97. The van der Waals surface area contributed by atoms with E-state index in [1.54, 1.807) is 6.92 Å². The van der Waals surface area contributed by atoms with Crippen molar-refractivity contribution >= 4 is 5.97 Å². The molecule has 0 amide bonds. The van der Waals surface area contributed by atoms with Crippen LogP contribution in [0, 0.1) is 5.92 Å². The minimum Gasteiger partial charge on any atom is -0.480 e. The molecule has 1 unspecified atom stereocenters. The van der Waals surface area contributed by atoms with E-state index in [4.69, 9.17) is 5.11 Å². The van der Waals surface area contributed by atoms with Gasteiger partial charge < -0.3 is 10.4 Å². The number of aliphatic carboxylic acids is 1. The van der Waals surface area contributed by atoms with Crippen molar-refractivity contribution in [3.8, 4) is 0 Å². The summed E-state index contributed by atoms with van der Waals surface area (Å²) in [5.41, 5.74) is -0.708. The highest BCUT2D eigenvalue weighted by Gasteiger charge is 2.36. The summed E-state index contributed by atoms with van der Waals surface area (Å²) in [5.74, 6) is -0.0959. The van der Waals surface area contributed by atoms with Gasteiger partial charge in [0.25, 0.3) is 0 Å². The number of carboxylic acid groups (broad SMARTS) is 1. The zero-order chi connectivity index (χ0) is 9.90. The van der Waals surface area contributed by atoms with Crippen LogP contribution in [0.25, 0.3) is 0 Å². The highest BCUT2D eigenvalue weighted by atomic mass is 16.4. The van der Waals surface area contributed by atoms with Gasteiger partial charge in [0.1, 0.15) is 5.54 Å². The number of carboxylic acids is 1. The number of likely N-dealkylation sites (N-methyl/N-ethyl adjacent to an activating group) is 1. The van der Waals surface area contributed by atoms with Gasteiger partial charge in [0.05, 0.1) is 0 Å². The van der Waals surface area contributed by atoms with Crippen LogP contribution >= 0.6 is 0 Å². The summed E-state index contributed by atoms with van der Waals surface area (Å²) in [5, 5.41) is 12.1. The van der Waals surface area contributed by atoms with Gasteiger partial charge in [-0.2, -0.15) is 0 Å². The molecular formula is C10H19NO2. The molecule has 1 aliphatic rings. The second kappa shape index (κ2) is 4.09. The van der Waals surface area contributed by atoms with E-state index in [1.807, 2.05) is 6.92 Å². The summed E-state index contributed by atoms with van der Waals surface area (Å²) in [6.07, 6.45) is 4.45. The maximum atomic E-state index is 11.0. The average molecular weight is 185 g/mol. The molecule has 0 heterocycles. The van der Waals surface area contributed by atoms with Crippen molar-refractivity contribution in [2.75, 3.05) is 6.54 Å². The molecule has 1 rings (SSSR count). The van der Waals surface area contributed by atoms with Crippen molar-refractivity contribution in [1.82, 2.24) is 5.32 Å². The van der Waals surface area contributed by atoms with E-state index in [9.17, 15) is 4.79 Å². The lowest BCUT2D eigenvalue weighted by molar-refractivity contribution is -0.145. The van der Waals surface area contributed by atoms with E-state index in [0.717, 1.165) is 13.0 Å². The van der Waals surface area contributed by atoms with Crippen molar-refractivity contribution < 1.29 is 9.90 Å². The van der Waals surface area contributed by atoms with Gasteiger partial charge in [-0.05, 0) is 25.8 Å². The molecule has 0 aromatic carbocycles. The standard InChI is InChI=1S/C10H19NO2/c1-3-11-10(2,9(12)13)7-8-5-4-6-8/h8,11H,3-7H2,1-2H3,(H,12,13). The fourth-order valence-electron chi connectivity index (χ4n) is 1.90. The Hall–Kier alpha value is -0.570. The van der Waals surface area contributed by atoms with Gasteiger partial charge in [0, 0.05) is 0 Å². The number of nitrogens with one attached hydrogen (secondary N) is 1. The minimum absolute atomic E-state index is 0.625. The second-order valence-corrected chi connectivity index (χ2v) is 4.17. The van der Waals surface area contributed by atoms with Crippen molar-refractivity contribution in [3.05, 3.63) is 0 Å². The van der Waals surface area contributed by atoms with Crippen molar-refractivity contribution in [2.24, 2.45) is 5.92 Å². The monoisotopic (exact) mass is 185 g/mol.